The fourth-order valence-electron chi connectivity index (χ4n) is 1.42. The molecule has 108 valence electrons. The summed E-state index contributed by atoms with van der Waals surface area (Å²) < 4.78 is 9.73. The first-order chi connectivity index (χ1) is 9.58. The SMILES string of the molecule is CCCCOc1ccc(/C(O)=C/C(=O)C(=O)OC)cc1. The zero-order valence-electron chi connectivity index (χ0n) is 11.6. The number of methoxy groups -OCH3 is 1. The standard InChI is InChI=1S/C15H18O5/c1-3-4-9-20-12-7-5-11(6-8-12)13(16)10-14(17)15(18)19-2/h5-8,10,16H,3-4,9H2,1-2H3/b13-10-. The monoisotopic (exact) mass is 278 g/mol. The third-order valence-electron chi connectivity index (χ3n) is 2.57. The molecule has 0 aliphatic rings. The molecule has 0 radical (unpaired) electrons. The predicted octanol–water partition coefficient (Wildman–Crippen LogP) is 2.51. The Morgan fingerprint density at radius 2 is 1.90 bits per heavy atom. The van der Waals surface area contributed by atoms with Crippen LogP contribution in [0.25, 0.3) is 5.76 Å². The van der Waals surface area contributed by atoms with Gasteiger partial charge in [0, 0.05) is 11.6 Å². The Kier molecular flexibility index (Phi) is 6.29. The molecule has 0 bridgehead atoms. The van der Waals surface area contributed by atoms with E-state index in [9.17, 15) is 14.7 Å². The van der Waals surface area contributed by atoms with Crippen LogP contribution in [0.1, 0.15) is 25.3 Å². The summed E-state index contributed by atoms with van der Waals surface area (Å²) in [4.78, 5) is 22.2. The van der Waals surface area contributed by atoms with Crippen molar-refractivity contribution < 1.29 is 24.2 Å². The molecule has 0 fully saturated rings. The molecule has 0 saturated heterocycles. The van der Waals surface area contributed by atoms with Crippen LogP contribution in [0.4, 0.5) is 0 Å². The van der Waals surface area contributed by atoms with Gasteiger partial charge in [0.25, 0.3) is 5.78 Å². The van der Waals surface area contributed by atoms with Gasteiger partial charge in [0.05, 0.1) is 13.7 Å². The second-order valence-corrected chi connectivity index (χ2v) is 4.11. The Bertz CT molecular complexity index is 487. The molecule has 0 unspecified atom stereocenters. The molecule has 1 rings (SSSR count). The minimum absolute atomic E-state index is 0.291. The molecule has 0 aromatic heterocycles. The average molecular weight is 278 g/mol. The van der Waals surface area contributed by atoms with E-state index >= 15 is 0 Å². The summed E-state index contributed by atoms with van der Waals surface area (Å²) in [5.41, 5.74) is 0.421. The number of ketones is 1. The van der Waals surface area contributed by atoms with Gasteiger partial charge in [-0.2, -0.15) is 0 Å². The average Bonchev–Trinajstić information content (AvgIpc) is 2.47. The number of esters is 1. The number of aliphatic hydroxyl groups is 1. The Hall–Kier alpha value is -2.30. The molecule has 1 N–H and O–H groups in total. The van der Waals surface area contributed by atoms with Crippen LogP contribution in [0.3, 0.4) is 0 Å². The van der Waals surface area contributed by atoms with Crippen molar-refractivity contribution in [2.45, 2.75) is 19.8 Å². The molecule has 0 heterocycles. The highest BCUT2D eigenvalue weighted by molar-refractivity contribution is 6.39. The maximum Gasteiger partial charge on any atom is 0.378 e. The molecule has 0 amide bonds. The van der Waals surface area contributed by atoms with Crippen LogP contribution in [-0.2, 0) is 14.3 Å². The molecular weight excluding hydrogens is 260 g/mol. The highest BCUT2D eigenvalue weighted by Crippen LogP contribution is 2.17. The number of ether oxygens (including phenoxy) is 2. The summed E-state index contributed by atoms with van der Waals surface area (Å²) in [6, 6.07) is 6.60. The minimum Gasteiger partial charge on any atom is -0.507 e. The summed E-state index contributed by atoms with van der Waals surface area (Å²) in [5.74, 6) is -1.53. The second kappa shape index (κ2) is 7.99. The minimum atomic E-state index is -1.02. The number of aliphatic hydroxyl groups excluding tert-OH is 1. The number of hydrogen-bond donors (Lipinski definition) is 1. The first kappa shape index (κ1) is 15.8. The molecule has 0 atom stereocenters. The molecular formula is C15H18O5. The van der Waals surface area contributed by atoms with Crippen LogP contribution in [0.2, 0.25) is 0 Å². The Balaban J connectivity index is 2.70. The molecule has 0 saturated carbocycles. The highest BCUT2D eigenvalue weighted by Gasteiger charge is 2.12. The number of rotatable bonds is 7. The van der Waals surface area contributed by atoms with Gasteiger partial charge in [-0.15, -0.1) is 0 Å². The number of benzene rings is 1. The quantitative estimate of drug-likeness (QED) is 0.273. The van der Waals surface area contributed by atoms with Gasteiger partial charge >= 0.3 is 5.97 Å². The van der Waals surface area contributed by atoms with Gasteiger partial charge in [-0.3, -0.25) is 4.79 Å². The second-order valence-electron chi connectivity index (χ2n) is 4.11. The Labute approximate surface area is 117 Å². The van der Waals surface area contributed by atoms with Gasteiger partial charge in [-0.05, 0) is 30.7 Å². The van der Waals surface area contributed by atoms with Crippen LogP contribution in [0.5, 0.6) is 5.75 Å². The number of carbonyl (C=O) groups is 2. The molecule has 5 nitrogen and oxygen atoms in total. The number of unbranched alkanes of at least 4 members (excludes halogenated alkanes) is 1. The lowest BCUT2D eigenvalue weighted by Crippen LogP contribution is -2.13. The van der Waals surface area contributed by atoms with Crippen molar-refractivity contribution in [2.24, 2.45) is 0 Å². The smallest absolute Gasteiger partial charge is 0.378 e. The zero-order chi connectivity index (χ0) is 15.0. The van der Waals surface area contributed by atoms with E-state index in [1.807, 2.05) is 0 Å². The molecule has 0 spiro atoms. The van der Waals surface area contributed by atoms with E-state index < -0.39 is 11.8 Å². The van der Waals surface area contributed by atoms with Gasteiger partial charge < -0.3 is 14.6 Å². The van der Waals surface area contributed by atoms with Crippen molar-refractivity contribution in [3.05, 3.63) is 35.9 Å². The zero-order valence-corrected chi connectivity index (χ0v) is 11.6. The van der Waals surface area contributed by atoms with E-state index in [1.54, 1.807) is 24.3 Å². The van der Waals surface area contributed by atoms with Crippen LogP contribution < -0.4 is 4.74 Å². The van der Waals surface area contributed by atoms with Crippen molar-refractivity contribution in [1.82, 2.24) is 0 Å². The lowest BCUT2D eigenvalue weighted by atomic mass is 10.1. The Morgan fingerprint density at radius 3 is 2.45 bits per heavy atom. The van der Waals surface area contributed by atoms with Gasteiger partial charge in [-0.1, -0.05) is 13.3 Å². The lowest BCUT2D eigenvalue weighted by Gasteiger charge is -2.06. The van der Waals surface area contributed by atoms with E-state index in [4.69, 9.17) is 4.74 Å². The van der Waals surface area contributed by atoms with Gasteiger partial charge in [0.2, 0.25) is 0 Å². The highest BCUT2D eigenvalue weighted by atomic mass is 16.5. The largest absolute Gasteiger partial charge is 0.507 e. The van der Waals surface area contributed by atoms with Gasteiger partial charge in [0.15, 0.2) is 0 Å². The lowest BCUT2D eigenvalue weighted by molar-refractivity contribution is -0.149. The van der Waals surface area contributed by atoms with Crippen LogP contribution in [0, 0.1) is 0 Å². The molecule has 1 aromatic rings. The summed E-state index contributed by atoms with van der Waals surface area (Å²) in [5, 5.41) is 9.73. The van der Waals surface area contributed by atoms with E-state index in [0.717, 1.165) is 26.0 Å². The van der Waals surface area contributed by atoms with E-state index in [-0.39, 0.29) is 5.76 Å². The molecule has 5 heteroatoms. The number of carbonyl (C=O) groups excluding carboxylic acids is 2. The van der Waals surface area contributed by atoms with E-state index in [2.05, 4.69) is 11.7 Å². The van der Waals surface area contributed by atoms with Crippen molar-refractivity contribution >= 4 is 17.5 Å². The summed E-state index contributed by atoms with van der Waals surface area (Å²) in [6.45, 7) is 2.71. The topological polar surface area (TPSA) is 72.8 Å². The maximum atomic E-state index is 11.3. The van der Waals surface area contributed by atoms with Crippen molar-refractivity contribution in [3.8, 4) is 5.75 Å². The molecule has 0 aliphatic heterocycles. The van der Waals surface area contributed by atoms with Crippen LogP contribution in [0.15, 0.2) is 30.3 Å². The fourth-order valence-corrected chi connectivity index (χ4v) is 1.42. The summed E-state index contributed by atoms with van der Waals surface area (Å²) >= 11 is 0. The van der Waals surface area contributed by atoms with Crippen molar-refractivity contribution in [2.75, 3.05) is 13.7 Å². The van der Waals surface area contributed by atoms with Gasteiger partial charge in [-0.25, -0.2) is 4.79 Å². The van der Waals surface area contributed by atoms with Crippen molar-refractivity contribution in [3.63, 3.8) is 0 Å². The van der Waals surface area contributed by atoms with Crippen LogP contribution in [-0.4, -0.2) is 30.6 Å². The maximum absolute atomic E-state index is 11.3. The van der Waals surface area contributed by atoms with Gasteiger partial charge in [0.1, 0.15) is 11.5 Å². The van der Waals surface area contributed by atoms with E-state index in [0.29, 0.717) is 17.9 Å². The number of hydrogen-bond acceptors (Lipinski definition) is 5. The first-order valence-electron chi connectivity index (χ1n) is 6.34. The molecule has 0 aliphatic carbocycles. The van der Waals surface area contributed by atoms with Crippen molar-refractivity contribution in [1.29, 1.82) is 0 Å². The third-order valence-corrected chi connectivity index (χ3v) is 2.57. The third kappa shape index (κ3) is 4.76. The first-order valence-corrected chi connectivity index (χ1v) is 6.34. The Morgan fingerprint density at radius 1 is 1.25 bits per heavy atom. The van der Waals surface area contributed by atoms with Crippen LogP contribution >= 0.6 is 0 Å². The normalized spacial score (nSPS) is 11.0. The molecule has 1 aromatic carbocycles. The summed E-state index contributed by atoms with van der Waals surface area (Å²) in [6.07, 6.45) is 2.86. The predicted molar refractivity (Wildman–Crippen MR) is 74.5 cm³/mol. The molecule has 20 heavy (non-hydrogen) atoms. The fraction of sp³-hybridized carbons (Fsp3) is 0.333. The summed E-state index contributed by atoms with van der Waals surface area (Å²) in [7, 11) is 1.10. The van der Waals surface area contributed by atoms with E-state index in [1.165, 1.54) is 0 Å².